The van der Waals surface area contributed by atoms with Crippen LogP contribution in [0.2, 0.25) is 0 Å². The number of aromatic amines is 2. The van der Waals surface area contributed by atoms with E-state index in [9.17, 15) is 9.59 Å². The van der Waals surface area contributed by atoms with Crippen molar-refractivity contribution in [1.29, 1.82) is 0 Å². The molecule has 94 valence electrons. The van der Waals surface area contributed by atoms with Crippen LogP contribution >= 0.6 is 0 Å². The third-order valence-electron chi connectivity index (χ3n) is 2.79. The predicted octanol–water partition coefficient (Wildman–Crippen LogP) is 1.30. The quantitative estimate of drug-likeness (QED) is 0.857. The lowest BCUT2D eigenvalue weighted by atomic mass is 10.0. The van der Waals surface area contributed by atoms with Crippen molar-refractivity contribution in [3.05, 3.63) is 50.5 Å². The van der Waals surface area contributed by atoms with Crippen molar-refractivity contribution < 1.29 is 4.74 Å². The summed E-state index contributed by atoms with van der Waals surface area (Å²) in [5, 5.41) is 4.55. The highest BCUT2D eigenvalue weighted by molar-refractivity contribution is 5.64. The van der Waals surface area contributed by atoms with Gasteiger partial charge in [-0.2, -0.15) is 0 Å². The fourth-order valence-corrected chi connectivity index (χ4v) is 1.86. The molecule has 5 heteroatoms. The summed E-state index contributed by atoms with van der Waals surface area (Å²) in [6.45, 7) is 2.00. The standard InChI is InChI=1S/C13H14N2O3/c1-3-8-6-9(4-5-11(8)18-2)10-7-12(16)14-15-13(10)17/h4-7H,3H2,1-2H3,(H,14,16)(H,15,17). The van der Waals surface area contributed by atoms with Gasteiger partial charge in [-0.3, -0.25) is 19.8 Å². The third kappa shape index (κ3) is 2.20. The number of nitrogens with one attached hydrogen (secondary N) is 2. The average molecular weight is 246 g/mol. The summed E-state index contributed by atoms with van der Waals surface area (Å²) in [7, 11) is 1.61. The Kier molecular flexibility index (Phi) is 3.32. The normalized spacial score (nSPS) is 10.3. The summed E-state index contributed by atoms with van der Waals surface area (Å²) in [6.07, 6.45) is 0.790. The number of aromatic nitrogens is 2. The van der Waals surface area contributed by atoms with Crippen LogP contribution in [0.25, 0.3) is 11.1 Å². The van der Waals surface area contributed by atoms with Gasteiger partial charge in [0.1, 0.15) is 5.75 Å². The highest BCUT2D eigenvalue weighted by Crippen LogP contribution is 2.24. The Morgan fingerprint density at radius 2 is 1.94 bits per heavy atom. The van der Waals surface area contributed by atoms with Crippen molar-refractivity contribution in [1.82, 2.24) is 10.2 Å². The molecular formula is C13H14N2O3. The molecule has 0 bridgehead atoms. The Morgan fingerprint density at radius 3 is 2.61 bits per heavy atom. The summed E-state index contributed by atoms with van der Waals surface area (Å²) >= 11 is 0. The maximum Gasteiger partial charge on any atom is 0.270 e. The molecule has 1 aromatic heterocycles. The van der Waals surface area contributed by atoms with Crippen molar-refractivity contribution in [3.8, 4) is 16.9 Å². The number of benzene rings is 1. The van der Waals surface area contributed by atoms with Gasteiger partial charge in [0.05, 0.1) is 12.7 Å². The van der Waals surface area contributed by atoms with Crippen LogP contribution in [-0.2, 0) is 6.42 Å². The van der Waals surface area contributed by atoms with Crippen LogP contribution in [-0.4, -0.2) is 17.3 Å². The van der Waals surface area contributed by atoms with Gasteiger partial charge in [0.2, 0.25) is 0 Å². The molecule has 0 unspecified atom stereocenters. The summed E-state index contributed by atoms with van der Waals surface area (Å²) in [6, 6.07) is 6.72. The molecular weight excluding hydrogens is 232 g/mol. The van der Waals surface area contributed by atoms with Gasteiger partial charge in [0.15, 0.2) is 0 Å². The lowest BCUT2D eigenvalue weighted by molar-refractivity contribution is 0.410. The topological polar surface area (TPSA) is 75.0 Å². The van der Waals surface area contributed by atoms with Gasteiger partial charge in [-0.05, 0) is 29.7 Å². The molecule has 2 rings (SSSR count). The Hall–Kier alpha value is -2.30. The maximum absolute atomic E-state index is 11.7. The molecule has 2 N–H and O–H groups in total. The highest BCUT2D eigenvalue weighted by atomic mass is 16.5. The van der Waals surface area contributed by atoms with Crippen LogP contribution in [0.1, 0.15) is 12.5 Å². The summed E-state index contributed by atoms with van der Waals surface area (Å²) in [4.78, 5) is 22.9. The molecule has 1 heterocycles. The first-order valence-corrected chi connectivity index (χ1v) is 5.65. The predicted molar refractivity (Wildman–Crippen MR) is 69.0 cm³/mol. The van der Waals surface area contributed by atoms with E-state index in [1.165, 1.54) is 6.07 Å². The van der Waals surface area contributed by atoms with Gasteiger partial charge in [-0.1, -0.05) is 13.0 Å². The SMILES string of the molecule is CCc1cc(-c2cc(=O)[nH][nH]c2=O)ccc1OC. The molecule has 0 spiro atoms. The first-order valence-electron chi connectivity index (χ1n) is 5.65. The molecule has 2 aromatic rings. The first-order chi connectivity index (χ1) is 8.65. The van der Waals surface area contributed by atoms with Crippen molar-refractivity contribution in [3.63, 3.8) is 0 Å². The lowest BCUT2D eigenvalue weighted by Crippen LogP contribution is -2.19. The summed E-state index contributed by atoms with van der Waals surface area (Å²) in [5.41, 5.74) is 1.41. The minimum atomic E-state index is -0.335. The zero-order valence-corrected chi connectivity index (χ0v) is 10.2. The van der Waals surface area contributed by atoms with Gasteiger partial charge in [-0.25, -0.2) is 0 Å². The van der Waals surface area contributed by atoms with E-state index in [0.29, 0.717) is 11.1 Å². The number of H-pyrrole nitrogens is 2. The number of hydrogen-bond acceptors (Lipinski definition) is 3. The Bertz CT molecular complexity index is 670. The largest absolute Gasteiger partial charge is 0.496 e. The van der Waals surface area contributed by atoms with E-state index in [4.69, 9.17) is 4.74 Å². The van der Waals surface area contributed by atoms with E-state index in [1.54, 1.807) is 19.2 Å². The summed E-state index contributed by atoms with van der Waals surface area (Å²) in [5.74, 6) is 0.780. The van der Waals surface area contributed by atoms with Crippen molar-refractivity contribution in [2.45, 2.75) is 13.3 Å². The van der Waals surface area contributed by atoms with Crippen LogP contribution in [0, 0.1) is 0 Å². The van der Waals surface area contributed by atoms with Gasteiger partial charge in [0.25, 0.3) is 11.1 Å². The van der Waals surface area contributed by atoms with Crippen LogP contribution in [0.5, 0.6) is 5.75 Å². The Labute approximate surface area is 103 Å². The molecule has 0 saturated carbocycles. The molecule has 5 nitrogen and oxygen atoms in total. The van der Waals surface area contributed by atoms with Crippen LogP contribution in [0.4, 0.5) is 0 Å². The van der Waals surface area contributed by atoms with E-state index in [-0.39, 0.29) is 11.1 Å². The van der Waals surface area contributed by atoms with Crippen molar-refractivity contribution in [2.75, 3.05) is 7.11 Å². The zero-order valence-electron chi connectivity index (χ0n) is 10.2. The molecule has 0 aliphatic rings. The molecule has 0 saturated heterocycles. The fourth-order valence-electron chi connectivity index (χ4n) is 1.86. The second-order valence-electron chi connectivity index (χ2n) is 3.88. The van der Waals surface area contributed by atoms with Gasteiger partial charge in [-0.15, -0.1) is 0 Å². The zero-order chi connectivity index (χ0) is 13.1. The molecule has 1 aromatic carbocycles. The summed E-state index contributed by atoms with van der Waals surface area (Å²) < 4.78 is 5.23. The Balaban J connectivity index is 2.61. The van der Waals surface area contributed by atoms with E-state index < -0.39 is 0 Å². The molecule has 0 amide bonds. The van der Waals surface area contributed by atoms with Crippen molar-refractivity contribution in [2.24, 2.45) is 0 Å². The highest BCUT2D eigenvalue weighted by Gasteiger charge is 2.08. The third-order valence-corrected chi connectivity index (χ3v) is 2.79. The number of rotatable bonds is 3. The van der Waals surface area contributed by atoms with Gasteiger partial charge in [0, 0.05) is 6.07 Å². The monoisotopic (exact) mass is 246 g/mol. The minimum Gasteiger partial charge on any atom is -0.496 e. The second-order valence-corrected chi connectivity index (χ2v) is 3.88. The molecule has 0 aliphatic carbocycles. The number of hydrogen-bond donors (Lipinski definition) is 2. The number of aryl methyl sites for hydroxylation is 1. The van der Waals surface area contributed by atoms with E-state index in [0.717, 1.165) is 17.7 Å². The average Bonchev–Trinajstić information content (AvgIpc) is 2.40. The number of methoxy groups -OCH3 is 1. The molecule has 0 fully saturated rings. The van der Waals surface area contributed by atoms with E-state index in [2.05, 4.69) is 10.2 Å². The second kappa shape index (κ2) is 4.91. The smallest absolute Gasteiger partial charge is 0.270 e. The van der Waals surface area contributed by atoms with Crippen LogP contribution < -0.4 is 15.9 Å². The van der Waals surface area contributed by atoms with Crippen LogP contribution in [0.15, 0.2) is 33.9 Å². The molecule has 0 radical (unpaired) electrons. The molecule has 18 heavy (non-hydrogen) atoms. The molecule has 0 atom stereocenters. The minimum absolute atomic E-state index is 0.318. The fraction of sp³-hybridized carbons (Fsp3) is 0.231. The van der Waals surface area contributed by atoms with E-state index in [1.807, 2.05) is 13.0 Å². The van der Waals surface area contributed by atoms with Crippen LogP contribution in [0.3, 0.4) is 0 Å². The van der Waals surface area contributed by atoms with Gasteiger partial charge >= 0.3 is 0 Å². The Morgan fingerprint density at radius 1 is 1.17 bits per heavy atom. The van der Waals surface area contributed by atoms with Gasteiger partial charge < -0.3 is 4.74 Å². The molecule has 0 aliphatic heterocycles. The van der Waals surface area contributed by atoms with Crippen molar-refractivity contribution >= 4 is 0 Å². The maximum atomic E-state index is 11.7. The number of ether oxygens (including phenoxy) is 1. The lowest BCUT2D eigenvalue weighted by Gasteiger charge is -2.08. The first kappa shape index (κ1) is 12.2. The van der Waals surface area contributed by atoms with E-state index >= 15 is 0 Å².